The summed E-state index contributed by atoms with van der Waals surface area (Å²) < 4.78 is 5.10. The fourth-order valence-electron chi connectivity index (χ4n) is 2.28. The van der Waals surface area contributed by atoms with Crippen molar-refractivity contribution < 1.29 is 9.53 Å². The average molecular weight is 259 g/mol. The lowest BCUT2D eigenvalue weighted by molar-refractivity contribution is -0.125. The Balaban J connectivity index is 1.94. The van der Waals surface area contributed by atoms with Crippen LogP contribution < -0.4 is 4.74 Å². The molecule has 19 heavy (non-hydrogen) atoms. The van der Waals surface area contributed by atoms with Crippen molar-refractivity contribution in [3.05, 3.63) is 35.9 Å². The number of methoxy groups -OCH3 is 1. The van der Waals surface area contributed by atoms with E-state index in [0.717, 1.165) is 37.2 Å². The van der Waals surface area contributed by atoms with Gasteiger partial charge in [-0.2, -0.15) is 0 Å². The second-order valence-corrected chi connectivity index (χ2v) is 4.85. The van der Waals surface area contributed by atoms with Crippen molar-refractivity contribution in [3.8, 4) is 5.75 Å². The van der Waals surface area contributed by atoms with Crippen molar-refractivity contribution in [2.75, 3.05) is 20.2 Å². The summed E-state index contributed by atoms with van der Waals surface area (Å²) in [6.45, 7) is 1.79. The van der Waals surface area contributed by atoms with Crippen LogP contribution in [-0.2, 0) is 4.79 Å². The maximum atomic E-state index is 12.1. The van der Waals surface area contributed by atoms with E-state index >= 15 is 0 Å². The Labute approximate surface area is 114 Å². The molecular formula is C16H21NO2. The van der Waals surface area contributed by atoms with Gasteiger partial charge < -0.3 is 9.64 Å². The molecule has 3 nitrogen and oxygen atoms in total. The fraction of sp³-hybridized carbons (Fsp3) is 0.438. The van der Waals surface area contributed by atoms with Gasteiger partial charge in [0.2, 0.25) is 5.91 Å². The van der Waals surface area contributed by atoms with Gasteiger partial charge >= 0.3 is 0 Å². The van der Waals surface area contributed by atoms with E-state index in [0.29, 0.717) is 0 Å². The number of likely N-dealkylation sites (tertiary alicyclic amines) is 1. The molecule has 0 radical (unpaired) electrons. The minimum Gasteiger partial charge on any atom is -0.497 e. The quantitative estimate of drug-likeness (QED) is 0.781. The van der Waals surface area contributed by atoms with Crippen molar-refractivity contribution in [2.45, 2.75) is 25.7 Å². The second-order valence-electron chi connectivity index (χ2n) is 4.85. The maximum absolute atomic E-state index is 12.1. The topological polar surface area (TPSA) is 29.5 Å². The molecule has 0 unspecified atom stereocenters. The number of carbonyl (C=O) groups is 1. The highest BCUT2D eigenvalue weighted by Crippen LogP contribution is 2.13. The van der Waals surface area contributed by atoms with Gasteiger partial charge in [0.05, 0.1) is 7.11 Å². The monoisotopic (exact) mass is 259 g/mol. The highest BCUT2D eigenvalue weighted by molar-refractivity contribution is 5.91. The van der Waals surface area contributed by atoms with Gasteiger partial charge in [-0.15, -0.1) is 0 Å². The molecule has 0 atom stereocenters. The third-order valence-corrected chi connectivity index (χ3v) is 3.45. The van der Waals surface area contributed by atoms with E-state index < -0.39 is 0 Å². The summed E-state index contributed by atoms with van der Waals surface area (Å²) in [7, 11) is 1.65. The van der Waals surface area contributed by atoms with Crippen LogP contribution in [0.1, 0.15) is 31.2 Å². The van der Waals surface area contributed by atoms with Crippen molar-refractivity contribution in [1.29, 1.82) is 0 Å². The van der Waals surface area contributed by atoms with Gasteiger partial charge in [-0.25, -0.2) is 0 Å². The van der Waals surface area contributed by atoms with Crippen molar-refractivity contribution >= 4 is 12.0 Å². The van der Waals surface area contributed by atoms with Gasteiger partial charge in [-0.05, 0) is 36.6 Å². The Hall–Kier alpha value is -1.77. The molecule has 1 aromatic rings. The highest BCUT2D eigenvalue weighted by atomic mass is 16.5. The molecule has 3 heteroatoms. The Kier molecular flexibility index (Phi) is 5.01. The molecule has 0 saturated carbocycles. The highest BCUT2D eigenvalue weighted by Gasteiger charge is 2.12. The Morgan fingerprint density at radius 3 is 2.32 bits per heavy atom. The summed E-state index contributed by atoms with van der Waals surface area (Å²) in [5.74, 6) is 0.953. The van der Waals surface area contributed by atoms with Crippen molar-refractivity contribution in [3.63, 3.8) is 0 Å². The first kappa shape index (κ1) is 13.7. The summed E-state index contributed by atoms with van der Waals surface area (Å²) in [6, 6.07) is 7.70. The molecule has 1 heterocycles. The van der Waals surface area contributed by atoms with Crippen LogP contribution in [0, 0.1) is 0 Å². The van der Waals surface area contributed by atoms with Crippen LogP contribution in [0.3, 0.4) is 0 Å². The van der Waals surface area contributed by atoms with Crippen molar-refractivity contribution in [1.82, 2.24) is 4.90 Å². The number of ether oxygens (including phenoxy) is 1. The minimum atomic E-state index is 0.123. The molecule has 1 fully saturated rings. The van der Waals surface area contributed by atoms with E-state index in [4.69, 9.17) is 4.74 Å². The third kappa shape index (κ3) is 4.12. The van der Waals surface area contributed by atoms with Gasteiger partial charge in [-0.3, -0.25) is 4.79 Å². The summed E-state index contributed by atoms with van der Waals surface area (Å²) in [5, 5.41) is 0. The lowest BCUT2D eigenvalue weighted by Gasteiger charge is -2.17. The number of amides is 1. The molecule has 1 aliphatic rings. The number of nitrogens with zero attached hydrogens (tertiary/aromatic N) is 1. The molecule has 1 aliphatic heterocycles. The summed E-state index contributed by atoms with van der Waals surface area (Å²) in [4.78, 5) is 14.0. The number of benzene rings is 1. The predicted molar refractivity (Wildman–Crippen MR) is 77.1 cm³/mol. The molecule has 0 spiro atoms. The lowest BCUT2D eigenvalue weighted by Crippen LogP contribution is -2.30. The largest absolute Gasteiger partial charge is 0.497 e. The SMILES string of the molecule is COc1ccc(C=CC(=O)N2CCCCCC2)cc1. The van der Waals surface area contributed by atoms with Crippen LogP contribution in [0.25, 0.3) is 6.08 Å². The Morgan fingerprint density at radius 1 is 1.11 bits per heavy atom. The second kappa shape index (κ2) is 6.98. The molecular weight excluding hydrogens is 238 g/mol. The number of hydrogen-bond acceptors (Lipinski definition) is 2. The third-order valence-electron chi connectivity index (χ3n) is 3.45. The molecule has 0 N–H and O–H groups in total. The summed E-state index contributed by atoms with van der Waals surface area (Å²) in [5.41, 5.74) is 1.02. The van der Waals surface area contributed by atoms with Crippen LogP contribution in [0.5, 0.6) is 5.75 Å². The summed E-state index contributed by atoms with van der Waals surface area (Å²) >= 11 is 0. The van der Waals surface area contributed by atoms with Gasteiger partial charge in [0.15, 0.2) is 0 Å². The maximum Gasteiger partial charge on any atom is 0.246 e. The Morgan fingerprint density at radius 2 is 1.74 bits per heavy atom. The van der Waals surface area contributed by atoms with Crippen LogP contribution in [0.2, 0.25) is 0 Å². The van der Waals surface area contributed by atoms with Crippen LogP contribution in [0.15, 0.2) is 30.3 Å². The molecule has 1 aromatic carbocycles. The van der Waals surface area contributed by atoms with E-state index in [2.05, 4.69) is 0 Å². The van der Waals surface area contributed by atoms with Crippen LogP contribution in [-0.4, -0.2) is 31.0 Å². The zero-order valence-corrected chi connectivity index (χ0v) is 11.5. The standard InChI is InChI=1S/C16H21NO2/c1-19-15-9-6-14(7-10-15)8-11-16(18)17-12-4-2-3-5-13-17/h6-11H,2-5,12-13H2,1H3. The molecule has 0 aliphatic carbocycles. The van der Waals surface area contributed by atoms with E-state index in [1.807, 2.05) is 35.2 Å². The summed E-state index contributed by atoms with van der Waals surface area (Å²) in [6.07, 6.45) is 8.28. The van der Waals surface area contributed by atoms with Crippen LogP contribution >= 0.6 is 0 Å². The first-order valence-corrected chi connectivity index (χ1v) is 6.90. The van der Waals surface area contributed by atoms with Crippen LogP contribution in [0.4, 0.5) is 0 Å². The zero-order valence-electron chi connectivity index (χ0n) is 11.5. The normalized spacial score (nSPS) is 16.4. The Bertz CT molecular complexity index is 429. The van der Waals surface area contributed by atoms with Gasteiger partial charge in [0, 0.05) is 19.2 Å². The van der Waals surface area contributed by atoms with Crippen molar-refractivity contribution in [2.24, 2.45) is 0 Å². The molecule has 2 rings (SSSR count). The predicted octanol–water partition coefficient (Wildman–Crippen LogP) is 3.11. The molecule has 102 valence electrons. The molecule has 0 aromatic heterocycles. The van der Waals surface area contributed by atoms with Gasteiger partial charge in [0.1, 0.15) is 5.75 Å². The van der Waals surface area contributed by atoms with E-state index in [9.17, 15) is 4.79 Å². The first-order valence-electron chi connectivity index (χ1n) is 6.90. The fourth-order valence-corrected chi connectivity index (χ4v) is 2.28. The lowest BCUT2D eigenvalue weighted by atomic mass is 10.2. The first-order chi connectivity index (χ1) is 9.29. The average Bonchev–Trinajstić information content (AvgIpc) is 2.74. The zero-order chi connectivity index (χ0) is 13.5. The number of hydrogen-bond donors (Lipinski definition) is 0. The van der Waals surface area contributed by atoms with Gasteiger partial charge in [-0.1, -0.05) is 25.0 Å². The van der Waals surface area contributed by atoms with Gasteiger partial charge in [0.25, 0.3) is 0 Å². The number of rotatable bonds is 3. The van der Waals surface area contributed by atoms with E-state index in [1.54, 1.807) is 13.2 Å². The smallest absolute Gasteiger partial charge is 0.246 e. The van der Waals surface area contributed by atoms with E-state index in [1.165, 1.54) is 12.8 Å². The molecule has 0 bridgehead atoms. The minimum absolute atomic E-state index is 0.123. The van der Waals surface area contributed by atoms with E-state index in [-0.39, 0.29) is 5.91 Å². The molecule has 1 amide bonds. The number of carbonyl (C=O) groups excluding carboxylic acids is 1. The molecule has 1 saturated heterocycles.